The molecular formula is C15H24ClN3O2. The second kappa shape index (κ2) is 8.64. The highest BCUT2D eigenvalue weighted by Gasteiger charge is 2.17. The number of benzene rings is 1. The molecule has 0 aromatic heterocycles. The summed E-state index contributed by atoms with van der Waals surface area (Å²) >= 11 is 0. The third-order valence-corrected chi connectivity index (χ3v) is 3.32. The van der Waals surface area contributed by atoms with Crippen LogP contribution in [0.4, 0.5) is 5.69 Å². The number of carbonyl (C=O) groups excluding carboxylic acids is 2. The minimum absolute atomic E-state index is 0. The first kappa shape index (κ1) is 19.4. The van der Waals surface area contributed by atoms with Gasteiger partial charge in [0.15, 0.2) is 0 Å². The van der Waals surface area contributed by atoms with Crippen molar-refractivity contribution >= 4 is 29.9 Å². The van der Waals surface area contributed by atoms with Gasteiger partial charge in [-0.3, -0.25) is 9.59 Å². The van der Waals surface area contributed by atoms with E-state index in [0.717, 1.165) is 16.8 Å². The fraction of sp³-hybridized carbons (Fsp3) is 0.467. The molecule has 5 nitrogen and oxygen atoms in total. The maximum atomic E-state index is 11.8. The van der Waals surface area contributed by atoms with Gasteiger partial charge in [-0.25, -0.2) is 0 Å². The van der Waals surface area contributed by atoms with Gasteiger partial charge in [-0.2, -0.15) is 0 Å². The Hall–Kier alpha value is -1.59. The molecule has 0 unspecified atom stereocenters. The van der Waals surface area contributed by atoms with E-state index in [1.165, 1.54) is 0 Å². The quantitative estimate of drug-likeness (QED) is 0.774. The van der Waals surface area contributed by atoms with Crippen LogP contribution in [0.25, 0.3) is 0 Å². The summed E-state index contributed by atoms with van der Waals surface area (Å²) in [5.74, 6) is -0.531. The minimum Gasteiger partial charge on any atom is -0.346 e. The van der Waals surface area contributed by atoms with Crippen molar-refractivity contribution in [1.29, 1.82) is 0 Å². The number of rotatable bonds is 5. The van der Waals surface area contributed by atoms with Gasteiger partial charge in [0, 0.05) is 5.69 Å². The SMILES string of the molecule is Cc1cccc(NC(=O)CNC(=O)[C@@H](N)C(C)C)c1C.Cl. The molecule has 6 heteroatoms. The number of hydrogen-bond acceptors (Lipinski definition) is 3. The van der Waals surface area contributed by atoms with E-state index in [2.05, 4.69) is 10.6 Å². The summed E-state index contributed by atoms with van der Waals surface area (Å²) in [6.45, 7) is 7.57. The summed E-state index contributed by atoms with van der Waals surface area (Å²) in [7, 11) is 0. The third kappa shape index (κ3) is 5.73. The molecule has 118 valence electrons. The Morgan fingerprint density at radius 1 is 1.24 bits per heavy atom. The van der Waals surface area contributed by atoms with Crippen LogP contribution in [-0.2, 0) is 9.59 Å². The van der Waals surface area contributed by atoms with E-state index in [1.807, 2.05) is 45.9 Å². The van der Waals surface area contributed by atoms with Gasteiger partial charge in [0.1, 0.15) is 0 Å². The van der Waals surface area contributed by atoms with Gasteiger partial charge in [0.25, 0.3) is 0 Å². The Balaban J connectivity index is 0.00000400. The first-order valence-corrected chi connectivity index (χ1v) is 6.72. The molecule has 0 radical (unpaired) electrons. The number of amides is 2. The van der Waals surface area contributed by atoms with Crippen LogP contribution in [0, 0.1) is 19.8 Å². The lowest BCUT2D eigenvalue weighted by Gasteiger charge is -2.15. The number of halogens is 1. The van der Waals surface area contributed by atoms with Crippen LogP contribution in [0.5, 0.6) is 0 Å². The Labute approximate surface area is 132 Å². The van der Waals surface area contributed by atoms with Crippen molar-refractivity contribution in [2.45, 2.75) is 33.7 Å². The molecule has 0 aliphatic rings. The summed E-state index contributed by atoms with van der Waals surface area (Å²) in [5.41, 5.74) is 8.59. The summed E-state index contributed by atoms with van der Waals surface area (Å²) < 4.78 is 0. The van der Waals surface area contributed by atoms with Crippen molar-refractivity contribution < 1.29 is 9.59 Å². The fourth-order valence-electron chi connectivity index (χ4n) is 1.67. The molecule has 1 rings (SSSR count). The van der Waals surface area contributed by atoms with Crippen LogP contribution in [0.3, 0.4) is 0 Å². The smallest absolute Gasteiger partial charge is 0.243 e. The Bertz CT molecular complexity index is 504. The molecule has 1 aromatic carbocycles. The topological polar surface area (TPSA) is 84.2 Å². The average Bonchev–Trinajstić information content (AvgIpc) is 2.40. The maximum absolute atomic E-state index is 11.8. The van der Waals surface area contributed by atoms with E-state index < -0.39 is 6.04 Å². The van der Waals surface area contributed by atoms with Crippen LogP contribution in [0.15, 0.2) is 18.2 Å². The highest BCUT2D eigenvalue weighted by molar-refractivity contribution is 5.95. The standard InChI is InChI=1S/C15H23N3O2.ClH/c1-9(2)14(16)15(20)17-8-13(19)18-12-7-5-6-10(3)11(12)4;/h5-7,9,14H,8,16H2,1-4H3,(H,17,20)(H,18,19);1H/t14-;/m0./s1. The normalized spacial score (nSPS) is 11.5. The van der Waals surface area contributed by atoms with Crippen LogP contribution < -0.4 is 16.4 Å². The molecule has 0 aliphatic carbocycles. The van der Waals surface area contributed by atoms with Crippen molar-refractivity contribution in [3.05, 3.63) is 29.3 Å². The first-order valence-electron chi connectivity index (χ1n) is 6.72. The molecule has 0 spiro atoms. The molecule has 2 amide bonds. The van der Waals surface area contributed by atoms with E-state index in [9.17, 15) is 9.59 Å². The summed E-state index contributed by atoms with van der Waals surface area (Å²) in [6.07, 6.45) is 0. The van der Waals surface area contributed by atoms with Gasteiger partial charge < -0.3 is 16.4 Å². The van der Waals surface area contributed by atoms with Crippen molar-refractivity contribution in [3.8, 4) is 0 Å². The summed E-state index contributed by atoms with van der Waals surface area (Å²) in [6, 6.07) is 5.10. The van der Waals surface area contributed by atoms with E-state index in [0.29, 0.717) is 0 Å². The predicted molar refractivity (Wildman–Crippen MR) is 87.6 cm³/mol. The van der Waals surface area contributed by atoms with E-state index in [1.54, 1.807) is 0 Å². The van der Waals surface area contributed by atoms with Crippen LogP contribution in [0.1, 0.15) is 25.0 Å². The first-order chi connectivity index (χ1) is 9.32. The second-order valence-corrected chi connectivity index (χ2v) is 5.28. The molecular weight excluding hydrogens is 290 g/mol. The highest BCUT2D eigenvalue weighted by atomic mass is 35.5. The van der Waals surface area contributed by atoms with Gasteiger partial charge in [-0.05, 0) is 37.0 Å². The Kier molecular flexibility index (Phi) is 7.99. The van der Waals surface area contributed by atoms with E-state index in [4.69, 9.17) is 5.73 Å². The number of anilines is 1. The molecule has 0 fully saturated rings. The van der Waals surface area contributed by atoms with Crippen molar-refractivity contribution in [2.75, 3.05) is 11.9 Å². The number of nitrogens with one attached hydrogen (secondary N) is 2. The van der Waals surface area contributed by atoms with Crippen molar-refractivity contribution in [2.24, 2.45) is 11.7 Å². The Morgan fingerprint density at radius 3 is 2.43 bits per heavy atom. The number of carbonyl (C=O) groups is 2. The number of aryl methyl sites for hydroxylation is 1. The molecule has 0 bridgehead atoms. The second-order valence-electron chi connectivity index (χ2n) is 5.28. The lowest BCUT2D eigenvalue weighted by Crippen LogP contribution is -2.46. The third-order valence-electron chi connectivity index (χ3n) is 3.32. The molecule has 21 heavy (non-hydrogen) atoms. The zero-order valence-electron chi connectivity index (χ0n) is 12.9. The molecule has 0 saturated carbocycles. The van der Waals surface area contributed by atoms with Crippen molar-refractivity contribution in [1.82, 2.24) is 5.32 Å². The van der Waals surface area contributed by atoms with Gasteiger partial charge in [0.05, 0.1) is 12.6 Å². The molecule has 4 N–H and O–H groups in total. The monoisotopic (exact) mass is 313 g/mol. The number of hydrogen-bond donors (Lipinski definition) is 3. The zero-order chi connectivity index (χ0) is 15.3. The van der Waals surface area contributed by atoms with Crippen LogP contribution >= 0.6 is 12.4 Å². The number of nitrogens with two attached hydrogens (primary N) is 1. The highest BCUT2D eigenvalue weighted by Crippen LogP contribution is 2.17. The van der Waals surface area contributed by atoms with Gasteiger partial charge in [0.2, 0.25) is 11.8 Å². The lowest BCUT2D eigenvalue weighted by atomic mass is 10.1. The van der Waals surface area contributed by atoms with E-state index >= 15 is 0 Å². The summed E-state index contributed by atoms with van der Waals surface area (Å²) in [4.78, 5) is 23.5. The molecule has 0 heterocycles. The van der Waals surface area contributed by atoms with Crippen molar-refractivity contribution in [3.63, 3.8) is 0 Å². The Morgan fingerprint density at radius 2 is 1.86 bits per heavy atom. The van der Waals surface area contributed by atoms with Gasteiger partial charge >= 0.3 is 0 Å². The molecule has 1 aromatic rings. The van der Waals surface area contributed by atoms with E-state index in [-0.39, 0.29) is 36.7 Å². The molecule has 1 atom stereocenters. The van der Waals surface area contributed by atoms with Crippen LogP contribution in [-0.4, -0.2) is 24.4 Å². The largest absolute Gasteiger partial charge is 0.346 e. The van der Waals surface area contributed by atoms with Gasteiger partial charge in [-0.1, -0.05) is 26.0 Å². The maximum Gasteiger partial charge on any atom is 0.243 e. The van der Waals surface area contributed by atoms with Crippen LogP contribution in [0.2, 0.25) is 0 Å². The zero-order valence-corrected chi connectivity index (χ0v) is 13.7. The lowest BCUT2D eigenvalue weighted by molar-refractivity contribution is -0.125. The molecule has 0 saturated heterocycles. The minimum atomic E-state index is -0.594. The fourth-order valence-corrected chi connectivity index (χ4v) is 1.67. The summed E-state index contributed by atoms with van der Waals surface area (Å²) in [5, 5.41) is 5.32. The van der Waals surface area contributed by atoms with Gasteiger partial charge in [-0.15, -0.1) is 12.4 Å². The predicted octanol–water partition coefficient (Wildman–Crippen LogP) is 1.76. The average molecular weight is 314 g/mol. The molecule has 0 aliphatic heterocycles.